The molecule has 0 amide bonds. The Labute approximate surface area is 200 Å². The highest BCUT2D eigenvalue weighted by molar-refractivity contribution is 5.99. The van der Waals surface area contributed by atoms with Crippen molar-refractivity contribution in [3.05, 3.63) is 84.6 Å². The van der Waals surface area contributed by atoms with E-state index in [9.17, 15) is 4.39 Å². The summed E-state index contributed by atoms with van der Waals surface area (Å²) in [4.78, 5) is 19.2. The number of hydrogen-bond donors (Lipinski definition) is 2. The van der Waals surface area contributed by atoms with Crippen molar-refractivity contribution in [1.82, 2.24) is 35.0 Å². The van der Waals surface area contributed by atoms with E-state index in [0.29, 0.717) is 16.9 Å². The van der Waals surface area contributed by atoms with Crippen molar-refractivity contribution < 1.29 is 4.39 Å². The molecule has 0 bridgehead atoms. The molecule has 0 radical (unpaired) electrons. The minimum Gasteiger partial charge on any atom is -0.338 e. The molecule has 6 aromatic rings. The van der Waals surface area contributed by atoms with Crippen LogP contribution in [-0.4, -0.2) is 49.1 Å². The second-order valence-electron chi connectivity index (χ2n) is 8.77. The number of aromatic nitrogens is 6. The summed E-state index contributed by atoms with van der Waals surface area (Å²) in [6.07, 6.45) is 5.37. The second-order valence-corrected chi connectivity index (χ2v) is 8.77. The van der Waals surface area contributed by atoms with Gasteiger partial charge < -0.3 is 9.88 Å². The smallest absolute Gasteiger partial charge is 0.138 e. The van der Waals surface area contributed by atoms with Crippen molar-refractivity contribution in [1.29, 1.82) is 0 Å². The number of nitrogens with zero attached hydrogens (tertiary/aromatic N) is 5. The van der Waals surface area contributed by atoms with E-state index >= 15 is 0 Å². The van der Waals surface area contributed by atoms with E-state index in [-0.39, 0.29) is 5.82 Å². The van der Waals surface area contributed by atoms with E-state index in [1.807, 2.05) is 56.8 Å². The summed E-state index contributed by atoms with van der Waals surface area (Å²) in [5, 5.41) is 8.42. The number of hydrogen-bond acceptors (Lipinski definition) is 5. The van der Waals surface area contributed by atoms with Crippen molar-refractivity contribution in [3.63, 3.8) is 0 Å². The molecule has 0 unspecified atom stereocenters. The molecule has 2 N–H and O–H groups in total. The van der Waals surface area contributed by atoms with Crippen molar-refractivity contribution in [2.24, 2.45) is 0 Å². The first kappa shape index (κ1) is 21.1. The van der Waals surface area contributed by atoms with Gasteiger partial charge in [-0.25, -0.2) is 14.4 Å². The Morgan fingerprint density at radius 3 is 2.71 bits per heavy atom. The molecule has 7 nitrogen and oxygen atoms in total. The molecule has 1 aromatic carbocycles. The summed E-state index contributed by atoms with van der Waals surface area (Å²) in [6.45, 7) is 0.798. The molecule has 0 atom stereocenters. The zero-order valence-corrected chi connectivity index (χ0v) is 19.2. The lowest BCUT2D eigenvalue weighted by Gasteiger charge is -2.10. The van der Waals surface area contributed by atoms with Gasteiger partial charge in [-0.2, -0.15) is 5.10 Å². The molecule has 8 heteroatoms. The number of aromatic amines is 2. The molecule has 0 aliphatic rings. The van der Waals surface area contributed by atoms with Crippen molar-refractivity contribution in [2.45, 2.75) is 6.54 Å². The van der Waals surface area contributed by atoms with Gasteiger partial charge in [-0.15, -0.1) is 0 Å². The van der Waals surface area contributed by atoms with Crippen LogP contribution in [0.25, 0.3) is 55.8 Å². The fraction of sp³-hybridized carbons (Fsp3) is 0.111. The highest BCUT2D eigenvalue weighted by atomic mass is 19.1. The van der Waals surface area contributed by atoms with E-state index in [4.69, 9.17) is 4.98 Å². The number of rotatable bonds is 5. The average Bonchev–Trinajstić information content (AvgIpc) is 3.47. The maximum Gasteiger partial charge on any atom is 0.138 e. The minimum atomic E-state index is -0.274. The zero-order valence-electron chi connectivity index (χ0n) is 19.2. The number of nitrogens with one attached hydrogen (secondary N) is 2. The predicted octanol–water partition coefficient (Wildman–Crippen LogP) is 5.43. The zero-order chi connectivity index (χ0) is 23.9. The van der Waals surface area contributed by atoms with E-state index in [1.54, 1.807) is 18.3 Å². The molecule has 0 saturated heterocycles. The van der Waals surface area contributed by atoms with Crippen LogP contribution in [0, 0.1) is 5.82 Å². The first-order valence-electron chi connectivity index (χ1n) is 11.2. The predicted molar refractivity (Wildman–Crippen MR) is 135 cm³/mol. The van der Waals surface area contributed by atoms with Crippen LogP contribution in [-0.2, 0) is 6.54 Å². The van der Waals surface area contributed by atoms with Gasteiger partial charge in [0, 0.05) is 41.6 Å². The van der Waals surface area contributed by atoms with E-state index in [2.05, 4.69) is 36.1 Å². The van der Waals surface area contributed by atoms with Gasteiger partial charge in [0.25, 0.3) is 0 Å². The average molecular weight is 464 g/mol. The quantitative estimate of drug-likeness (QED) is 0.356. The van der Waals surface area contributed by atoms with Crippen molar-refractivity contribution in [3.8, 4) is 33.8 Å². The molecule has 172 valence electrons. The van der Waals surface area contributed by atoms with Gasteiger partial charge in [0.15, 0.2) is 0 Å². The highest BCUT2D eigenvalue weighted by Gasteiger charge is 2.17. The molecule has 0 aliphatic heterocycles. The highest BCUT2D eigenvalue weighted by Crippen LogP contribution is 2.34. The third kappa shape index (κ3) is 3.83. The molecule has 5 heterocycles. The molecule has 0 saturated carbocycles. The Hall–Kier alpha value is -4.43. The first-order valence-corrected chi connectivity index (χ1v) is 11.2. The van der Waals surface area contributed by atoms with Gasteiger partial charge in [-0.05, 0) is 61.6 Å². The molecule has 0 spiro atoms. The number of pyridine rings is 3. The van der Waals surface area contributed by atoms with Crippen LogP contribution in [0.1, 0.15) is 5.56 Å². The van der Waals surface area contributed by atoms with E-state index in [0.717, 1.165) is 51.0 Å². The van der Waals surface area contributed by atoms with Gasteiger partial charge in [-0.1, -0.05) is 18.2 Å². The lowest BCUT2D eigenvalue weighted by atomic mass is 10.0. The lowest BCUT2D eigenvalue weighted by Crippen LogP contribution is -2.10. The Morgan fingerprint density at radius 2 is 1.86 bits per heavy atom. The Morgan fingerprint density at radius 1 is 0.971 bits per heavy atom. The Balaban J connectivity index is 1.46. The van der Waals surface area contributed by atoms with Crippen LogP contribution in [0.4, 0.5) is 4.39 Å². The van der Waals surface area contributed by atoms with E-state index < -0.39 is 0 Å². The fourth-order valence-electron chi connectivity index (χ4n) is 4.40. The molecule has 0 aliphatic carbocycles. The van der Waals surface area contributed by atoms with Crippen LogP contribution in [0.15, 0.2) is 73.2 Å². The van der Waals surface area contributed by atoms with Gasteiger partial charge in [0.1, 0.15) is 22.7 Å². The summed E-state index contributed by atoms with van der Waals surface area (Å²) in [5.74, 6) is -0.274. The Bertz CT molecular complexity index is 1680. The van der Waals surface area contributed by atoms with Crippen molar-refractivity contribution >= 4 is 22.1 Å². The van der Waals surface area contributed by atoms with Gasteiger partial charge in [0.05, 0.1) is 16.9 Å². The third-order valence-corrected chi connectivity index (χ3v) is 5.95. The number of fused-ring (bicyclic) bond motifs is 2. The maximum absolute atomic E-state index is 14.5. The summed E-state index contributed by atoms with van der Waals surface area (Å²) >= 11 is 0. The molecule has 5 aromatic heterocycles. The van der Waals surface area contributed by atoms with Gasteiger partial charge in [0.2, 0.25) is 0 Å². The molecule has 35 heavy (non-hydrogen) atoms. The van der Waals surface area contributed by atoms with Gasteiger partial charge >= 0.3 is 0 Å². The van der Waals surface area contributed by atoms with Crippen LogP contribution in [0.3, 0.4) is 0 Å². The standard InChI is InChI=1S/C27H22FN7/c1-35(2)15-16-11-17(14-29-13-16)22-7-8-23-25(31-22)26(34-33-23)24-12-20-18(9-10-30-27(20)32-24)19-5-3-4-6-21(19)28/h3-14H,15H2,1-2H3,(H,30,32)(H,33,34). The number of benzene rings is 1. The van der Waals surface area contributed by atoms with Gasteiger partial charge in [-0.3, -0.25) is 10.1 Å². The minimum absolute atomic E-state index is 0.274. The number of H-pyrrole nitrogens is 2. The first-order chi connectivity index (χ1) is 17.1. The molecule has 0 fully saturated rings. The molecular formula is C27H22FN7. The van der Waals surface area contributed by atoms with Crippen LogP contribution in [0.2, 0.25) is 0 Å². The molecule has 6 rings (SSSR count). The summed E-state index contributed by atoms with van der Waals surface area (Å²) in [7, 11) is 4.06. The summed E-state index contributed by atoms with van der Waals surface area (Å²) in [5.41, 5.74) is 7.83. The lowest BCUT2D eigenvalue weighted by molar-refractivity contribution is 0.402. The SMILES string of the molecule is CN(C)Cc1cncc(-c2ccc3[nH]nc(-c4cc5c(-c6ccccc6F)ccnc5[nH]4)c3n2)c1. The van der Waals surface area contributed by atoms with E-state index in [1.165, 1.54) is 6.07 Å². The number of halogens is 1. The van der Waals surface area contributed by atoms with Crippen LogP contribution in [0.5, 0.6) is 0 Å². The monoisotopic (exact) mass is 463 g/mol. The summed E-state index contributed by atoms with van der Waals surface area (Å²) < 4.78 is 14.5. The topological polar surface area (TPSA) is 86.4 Å². The van der Waals surface area contributed by atoms with Crippen LogP contribution >= 0.6 is 0 Å². The largest absolute Gasteiger partial charge is 0.338 e. The third-order valence-electron chi connectivity index (χ3n) is 5.95. The summed E-state index contributed by atoms with van der Waals surface area (Å²) in [6, 6.07) is 16.6. The maximum atomic E-state index is 14.5. The normalized spacial score (nSPS) is 11.7. The Kier molecular flexibility index (Phi) is 5.08. The fourth-order valence-corrected chi connectivity index (χ4v) is 4.40. The van der Waals surface area contributed by atoms with Crippen LogP contribution < -0.4 is 0 Å². The second kappa shape index (κ2) is 8.41. The molecular weight excluding hydrogens is 441 g/mol. The van der Waals surface area contributed by atoms with Crippen molar-refractivity contribution in [2.75, 3.05) is 14.1 Å².